The van der Waals surface area contributed by atoms with Crippen LogP contribution in [-0.2, 0) is 0 Å². The van der Waals surface area contributed by atoms with Crippen LogP contribution in [0.1, 0.15) is 0 Å². The van der Waals surface area contributed by atoms with Gasteiger partial charge in [-0.2, -0.15) is 4.98 Å². The van der Waals surface area contributed by atoms with Crippen LogP contribution < -0.4 is 11.1 Å². The van der Waals surface area contributed by atoms with Gasteiger partial charge in [0, 0.05) is 14.3 Å². The van der Waals surface area contributed by atoms with E-state index in [0.717, 1.165) is 14.8 Å². The number of rotatable bonds is 2. The number of nitrogens with one attached hydrogen (secondary N) is 1. The highest BCUT2D eigenvalue weighted by Crippen LogP contribution is 2.27. The molecule has 0 saturated carbocycles. The molecule has 3 aromatic rings. The summed E-state index contributed by atoms with van der Waals surface area (Å²) in [6.07, 6.45) is 0. The summed E-state index contributed by atoms with van der Waals surface area (Å²) in [5, 5.41) is 3.82. The van der Waals surface area contributed by atoms with Crippen LogP contribution in [0.2, 0.25) is 5.02 Å². The minimum Gasteiger partial charge on any atom is -0.423 e. The number of hydrogen-bond donors (Lipinski definition) is 2. The highest BCUT2D eigenvalue weighted by atomic mass is 127. The van der Waals surface area contributed by atoms with Gasteiger partial charge in [0.25, 0.3) is 6.01 Å². The molecule has 0 fully saturated rings. The van der Waals surface area contributed by atoms with Crippen LogP contribution in [0, 0.1) is 3.57 Å². The lowest BCUT2D eigenvalue weighted by Gasteiger charge is -2.04. The van der Waals surface area contributed by atoms with Gasteiger partial charge in [0.05, 0.1) is 5.69 Å². The maximum Gasteiger partial charge on any atom is 0.300 e. The number of halogens is 2. The third kappa shape index (κ3) is 2.62. The summed E-state index contributed by atoms with van der Waals surface area (Å²) in [6, 6.07) is 11.3. The average molecular weight is 386 g/mol. The molecule has 6 heteroatoms. The SMILES string of the molecule is Nc1ccc2oc(Nc3ccc(Cl)cc3I)nc2c1. The zero-order chi connectivity index (χ0) is 13.4. The molecule has 3 N–H and O–H groups in total. The number of hydrogen-bond acceptors (Lipinski definition) is 4. The molecule has 3 rings (SSSR count). The topological polar surface area (TPSA) is 64.1 Å². The van der Waals surface area contributed by atoms with Crippen LogP contribution in [-0.4, -0.2) is 4.98 Å². The number of aromatic nitrogens is 1. The molecule has 19 heavy (non-hydrogen) atoms. The molecule has 0 aliphatic rings. The molecular weight excluding hydrogens is 377 g/mol. The van der Waals surface area contributed by atoms with Crippen molar-refractivity contribution < 1.29 is 4.42 Å². The van der Waals surface area contributed by atoms with Gasteiger partial charge in [-0.25, -0.2) is 0 Å². The van der Waals surface area contributed by atoms with Crippen molar-refractivity contribution in [1.29, 1.82) is 0 Å². The van der Waals surface area contributed by atoms with E-state index in [1.165, 1.54) is 0 Å². The molecule has 2 aromatic carbocycles. The lowest BCUT2D eigenvalue weighted by Crippen LogP contribution is -1.92. The number of fused-ring (bicyclic) bond motifs is 1. The second-order valence-electron chi connectivity index (χ2n) is 4.00. The van der Waals surface area contributed by atoms with E-state index in [2.05, 4.69) is 32.9 Å². The molecule has 1 heterocycles. The highest BCUT2D eigenvalue weighted by Gasteiger charge is 2.08. The monoisotopic (exact) mass is 385 g/mol. The van der Waals surface area contributed by atoms with Crippen LogP contribution in [0.5, 0.6) is 0 Å². The summed E-state index contributed by atoms with van der Waals surface area (Å²) in [5.74, 6) is 0. The summed E-state index contributed by atoms with van der Waals surface area (Å²) in [7, 11) is 0. The second kappa shape index (κ2) is 4.90. The van der Waals surface area contributed by atoms with E-state index in [4.69, 9.17) is 21.8 Å². The molecule has 0 aliphatic carbocycles. The highest BCUT2D eigenvalue weighted by molar-refractivity contribution is 14.1. The zero-order valence-electron chi connectivity index (χ0n) is 9.65. The molecule has 4 nitrogen and oxygen atoms in total. The van der Waals surface area contributed by atoms with Gasteiger partial charge < -0.3 is 15.5 Å². The minimum absolute atomic E-state index is 0.431. The minimum atomic E-state index is 0.431. The first-order valence-electron chi connectivity index (χ1n) is 5.50. The number of benzene rings is 2. The number of nitrogen functional groups attached to an aromatic ring is 1. The van der Waals surface area contributed by atoms with Gasteiger partial charge in [-0.05, 0) is 59.0 Å². The largest absolute Gasteiger partial charge is 0.423 e. The van der Waals surface area contributed by atoms with E-state index in [9.17, 15) is 0 Å². The Bertz CT molecular complexity index is 757. The Morgan fingerprint density at radius 2 is 2.05 bits per heavy atom. The van der Waals surface area contributed by atoms with Crippen molar-refractivity contribution in [3.63, 3.8) is 0 Å². The smallest absolute Gasteiger partial charge is 0.300 e. The van der Waals surface area contributed by atoms with Gasteiger partial charge in [-0.15, -0.1) is 0 Å². The molecule has 0 bridgehead atoms. The molecule has 0 aliphatic heterocycles. The fourth-order valence-electron chi connectivity index (χ4n) is 1.70. The Morgan fingerprint density at radius 3 is 2.84 bits per heavy atom. The maximum atomic E-state index is 5.92. The fraction of sp³-hybridized carbons (Fsp3) is 0. The molecule has 0 amide bonds. The van der Waals surface area contributed by atoms with E-state index in [1.54, 1.807) is 18.2 Å². The van der Waals surface area contributed by atoms with E-state index in [1.807, 2.05) is 18.2 Å². The summed E-state index contributed by atoms with van der Waals surface area (Å²) < 4.78 is 6.59. The normalized spacial score (nSPS) is 10.8. The van der Waals surface area contributed by atoms with Crippen molar-refractivity contribution in [3.8, 4) is 0 Å². The van der Waals surface area contributed by atoms with E-state index < -0.39 is 0 Å². The third-order valence-electron chi connectivity index (χ3n) is 2.58. The van der Waals surface area contributed by atoms with Crippen LogP contribution in [0.25, 0.3) is 11.1 Å². The Kier molecular flexibility index (Phi) is 3.24. The van der Waals surface area contributed by atoms with Crippen LogP contribution in [0.3, 0.4) is 0 Å². The number of oxazole rings is 1. The molecule has 96 valence electrons. The molecule has 0 atom stereocenters. The van der Waals surface area contributed by atoms with Crippen molar-refractivity contribution in [2.75, 3.05) is 11.1 Å². The number of anilines is 3. The second-order valence-corrected chi connectivity index (χ2v) is 5.59. The molecular formula is C13H9ClIN3O. The van der Waals surface area contributed by atoms with Crippen molar-refractivity contribution in [1.82, 2.24) is 4.98 Å². The fourth-order valence-corrected chi connectivity index (χ4v) is 2.71. The van der Waals surface area contributed by atoms with Gasteiger partial charge >= 0.3 is 0 Å². The van der Waals surface area contributed by atoms with Crippen molar-refractivity contribution in [2.45, 2.75) is 0 Å². The maximum absolute atomic E-state index is 5.92. The van der Waals surface area contributed by atoms with Gasteiger partial charge in [0.1, 0.15) is 5.52 Å². The van der Waals surface area contributed by atoms with Crippen molar-refractivity contribution in [3.05, 3.63) is 45.0 Å². The standard InChI is InChI=1S/C13H9ClIN3O/c14-7-1-3-10(9(15)5-7)17-13-18-11-6-8(16)2-4-12(11)19-13/h1-6H,16H2,(H,17,18). The van der Waals surface area contributed by atoms with Crippen LogP contribution in [0.4, 0.5) is 17.4 Å². The number of nitrogens with zero attached hydrogens (tertiary/aromatic N) is 1. The van der Waals surface area contributed by atoms with Gasteiger partial charge in [-0.1, -0.05) is 11.6 Å². The Hall–Kier alpha value is -1.47. The van der Waals surface area contributed by atoms with Gasteiger partial charge in [-0.3, -0.25) is 0 Å². The molecule has 0 unspecified atom stereocenters. The Balaban J connectivity index is 1.96. The Morgan fingerprint density at radius 1 is 1.21 bits per heavy atom. The Labute approximate surface area is 128 Å². The summed E-state index contributed by atoms with van der Waals surface area (Å²) in [6.45, 7) is 0. The predicted octanol–water partition coefficient (Wildman–Crippen LogP) is 4.41. The molecule has 0 spiro atoms. The first-order chi connectivity index (χ1) is 9.11. The summed E-state index contributed by atoms with van der Waals surface area (Å²) in [4.78, 5) is 4.34. The first-order valence-corrected chi connectivity index (χ1v) is 6.95. The predicted molar refractivity (Wildman–Crippen MR) is 85.9 cm³/mol. The van der Waals surface area contributed by atoms with Gasteiger partial charge in [0.2, 0.25) is 0 Å². The van der Waals surface area contributed by atoms with E-state index >= 15 is 0 Å². The lowest BCUT2D eigenvalue weighted by molar-refractivity contribution is 0.623. The van der Waals surface area contributed by atoms with Crippen LogP contribution >= 0.6 is 34.2 Å². The number of nitrogens with two attached hydrogens (primary N) is 1. The van der Waals surface area contributed by atoms with Gasteiger partial charge in [0.15, 0.2) is 5.58 Å². The summed E-state index contributed by atoms with van der Waals surface area (Å²) in [5.41, 5.74) is 8.69. The van der Waals surface area contributed by atoms with Crippen LogP contribution in [0.15, 0.2) is 40.8 Å². The molecule has 0 saturated heterocycles. The molecule has 0 radical (unpaired) electrons. The van der Waals surface area contributed by atoms with Crippen molar-refractivity contribution >= 4 is 62.7 Å². The van der Waals surface area contributed by atoms with E-state index in [0.29, 0.717) is 22.3 Å². The third-order valence-corrected chi connectivity index (χ3v) is 3.71. The quantitative estimate of drug-likeness (QED) is 0.506. The average Bonchev–Trinajstić information content (AvgIpc) is 2.74. The molecule has 1 aromatic heterocycles. The lowest BCUT2D eigenvalue weighted by atomic mass is 10.3. The zero-order valence-corrected chi connectivity index (χ0v) is 12.6. The first kappa shape index (κ1) is 12.6. The van der Waals surface area contributed by atoms with E-state index in [-0.39, 0.29) is 0 Å². The summed E-state index contributed by atoms with van der Waals surface area (Å²) >= 11 is 8.12. The van der Waals surface area contributed by atoms with Crippen molar-refractivity contribution in [2.24, 2.45) is 0 Å².